The van der Waals surface area contributed by atoms with Crippen molar-refractivity contribution in [1.82, 2.24) is 9.88 Å². The maximum Gasteiger partial charge on any atom is 0.256 e. The van der Waals surface area contributed by atoms with E-state index in [1.54, 1.807) is 16.2 Å². The molecule has 1 amide bonds. The highest BCUT2D eigenvalue weighted by molar-refractivity contribution is 7.15. The molecule has 1 aromatic carbocycles. The quantitative estimate of drug-likeness (QED) is 0.843. The second-order valence-electron chi connectivity index (χ2n) is 5.16. The number of anilines is 1. The summed E-state index contributed by atoms with van der Waals surface area (Å²) in [6, 6.07) is 4.15. The van der Waals surface area contributed by atoms with Gasteiger partial charge in [0, 0.05) is 42.3 Å². The van der Waals surface area contributed by atoms with Gasteiger partial charge >= 0.3 is 0 Å². The molecule has 1 aliphatic rings. The summed E-state index contributed by atoms with van der Waals surface area (Å²) < 4.78 is 13.8. The van der Waals surface area contributed by atoms with Crippen LogP contribution in [-0.4, -0.2) is 42.0 Å². The Morgan fingerprint density at radius 3 is 2.64 bits per heavy atom. The number of carbonyl (C=O) groups is 1. The number of thiazole rings is 1. The molecule has 0 radical (unpaired) electrons. The first-order valence-corrected chi connectivity index (χ1v) is 8.16. The van der Waals surface area contributed by atoms with E-state index in [-0.39, 0.29) is 16.5 Å². The van der Waals surface area contributed by atoms with Crippen molar-refractivity contribution >= 4 is 34.0 Å². The fourth-order valence-corrected chi connectivity index (χ4v) is 3.39. The van der Waals surface area contributed by atoms with Crippen LogP contribution < -0.4 is 4.90 Å². The van der Waals surface area contributed by atoms with Gasteiger partial charge in [-0.25, -0.2) is 9.37 Å². The monoisotopic (exact) mass is 339 g/mol. The third-order valence-corrected chi connectivity index (χ3v) is 4.82. The normalized spacial score (nSPS) is 15.2. The third-order valence-electron chi connectivity index (χ3n) is 3.61. The molecule has 2 aromatic rings. The smallest absolute Gasteiger partial charge is 0.256 e. The largest absolute Gasteiger partial charge is 0.345 e. The fourth-order valence-electron chi connectivity index (χ4n) is 2.42. The molecule has 22 heavy (non-hydrogen) atoms. The molecule has 1 aromatic heterocycles. The lowest BCUT2D eigenvalue weighted by Gasteiger charge is -2.34. The molecule has 7 heteroatoms. The van der Waals surface area contributed by atoms with E-state index in [0.29, 0.717) is 26.2 Å². The van der Waals surface area contributed by atoms with E-state index >= 15 is 0 Å². The van der Waals surface area contributed by atoms with Gasteiger partial charge in [-0.15, -0.1) is 11.3 Å². The van der Waals surface area contributed by atoms with Crippen LogP contribution in [0.4, 0.5) is 9.52 Å². The van der Waals surface area contributed by atoms with Gasteiger partial charge in [-0.05, 0) is 25.1 Å². The lowest BCUT2D eigenvalue weighted by atomic mass is 10.1. The molecule has 0 N–H and O–H groups in total. The van der Waals surface area contributed by atoms with Crippen molar-refractivity contribution in [3.63, 3.8) is 0 Å². The maximum atomic E-state index is 13.8. The van der Waals surface area contributed by atoms with Gasteiger partial charge in [0.1, 0.15) is 5.82 Å². The fraction of sp³-hybridized carbons (Fsp3) is 0.333. The molecule has 3 rings (SSSR count). The zero-order valence-corrected chi connectivity index (χ0v) is 13.6. The maximum absolute atomic E-state index is 13.8. The van der Waals surface area contributed by atoms with E-state index in [9.17, 15) is 9.18 Å². The first-order chi connectivity index (χ1) is 10.5. The van der Waals surface area contributed by atoms with Crippen LogP contribution in [-0.2, 0) is 0 Å². The zero-order valence-electron chi connectivity index (χ0n) is 12.1. The Kier molecular flexibility index (Phi) is 4.31. The number of carbonyl (C=O) groups excluding carboxylic acids is 1. The summed E-state index contributed by atoms with van der Waals surface area (Å²) in [6.45, 7) is 4.53. The number of halogens is 2. The number of amides is 1. The number of piperazine rings is 1. The molecular weight excluding hydrogens is 325 g/mol. The second-order valence-corrected chi connectivity index (χ2v) is 6.81. The SMILES string of the molecule is Cc1cnc(N2CCN(C(=O)c3ccc(Cl)cc3F)CC2)s1. The van der Waals surface area contributed by atoms with Crippen molar-refractivity contribution in [2.75, 3.05) is 31.1 Å². The Morgan fingerprint density at radius 2 is 2.05 bits per heavy atom. The predicted molar refractivity (Wildman–Crippen MR) is 86.4 cm³/mol. The summed E-state index contributed by atoms with van der Waals surface area (Å²) in [5.41, 5.74) is 0.0722. The second kappa shape index (κ2) is 6.22. The predicted octanol–water partition coefficient (Wildman–Crippen LogP) is 3.21. The van der Waals surface area contributed by atoms with Crippen LogP contribution in [0, 0.1) is 12.7 Å². The average Bonchev–Trinajstić information content (AvgIpc) is 2.93. The van der Waals surface area contributed by atoms with E-state index in [2.05, 4.69) is 9.88 Å². The van der Waals surface area contributed by atoms with Gasteiger partial charge < -0.3 is 9.80 Å². The summed E-state index contributed by atoms with van der Waals surface area (Å²) in [5.74, 6) is -0.861. The molecular formula is C15H15ClFN3OS. The summed E-state index contributed by atoms with van der Waals surface area (Å²) in [5, 5.41) is 1.26. The summed E-state index contributed by atoms with van der Waals surface area (Å²) in [7, 11) is 0. The molecule has 4 nitrogen and oxygen atoms in total. The minimum absolute atomic E-state index is 0.0722. The van der Waals surface area contributed by atoms with E-state index in [1.807, 2.05) is 13.1 Å². The number of nitrogens with zero attached hydrogens (tertiary/aromatic N) is 3. The number of hydrogen-bond acceptors (Lipinski definition) is 4. The lowest BCUT2D eigenvalue weighted by Crippen LogP contribution is -2.49. The molecule has 1 fully saturated rings. The minimum Gasteiger partial charge on any atom is -0.345 e. The standard InChI is InChI=1S/C15H15ClFN3OS/c1-10-9-18-15(22-10)20-6-4-19(5-7-20)14(21)12-3-2-11(16)8-13(12)17/h2-3,8-9H,4-7H2,1H3. The molecule has 0 saturated carbocycles. The number of benzene rings is 1. The van der Waals surface area contributed by atoms with E-state index < -0.39 is 5.82 Å². The van der Waals surface area contributed by atoms with Crippen molar-refractivity contribution in [3.05, 3.63) is 45.7 Å². The summed E-state index contributed by atoms with van der Waals surface area (Å²) in [4.78, 5) is 21.7. The van der Waals surface area contributed by atoms with Crippen LogP contribution in [0.25, 0.3) is 0 Å². The van der Waals surface area contributed by atoms with Crippen molar-refractivity contribution in [1.29, 1.82) is 0 Å². The molecule has 1 saturated heterocycles. The van der Waals surface area contributed by atoms with E-state index in [4.69, 9.17) is 11.6 Å². The molecule has 2 heterocycles. The molecule has 0 aliphatic carbocycles. The number of rotatable bonds is 2. The minimum atomic E-state index is -0.574. The van der Waals surface area contributed by atoms with E-state index in [1.165, 1.54) is 18.2 Å². The Hall–Kier alpha value is -1.66. The van der Waals surface area contributed by atoms with Crippen molar-refractivity contribution in [2.45, 2.75) is 6.92 Å². The van der Waals surface area contributed by atoms with Crippen LogP contribution in [0.2, 0.25) is 5.02 Å². The summed E-state index contributed by atoms with van der Waals surface area (Å²) in [6.07, 6.45) is 1.85. The van der Waals surface area contributed by atoms with E-state index in [0.717, 1.165) is 10.0 Å². The third kappa shape index (κ3) is 3.08. The van der Waals surface area contributed by atoms with Gasteiger partial charge in [0.25, 0.3) is 5.91 Å². The first kappa shape index (κ1) is 15.2. The highest BCUT2D eigenvalue weighted by Crippen LogP contribution is 2.23. The van der Waals surface area contributed by atoms with Crippen LogP contribution in [0.5, 0.6) is 0 Å². The highest BCUT2D eigenvalue weighted by atomic mass is 35.5. The zero-order chi connectivity index (χ0) is 15.7. The Morgan fingerprint density at radius 1 is 1.32 bits per heavy atom. The van der Waals surface area contributed by atoms with Crippen LogP contribution in [0.1, 0.15) is 15.2 Å². The van der Waals surface area contributed by atoms with Crippen molar-refractivity contribution in [2.24, 2.45) is 0 Å². The first-order valence-electron chi connectivity index (χ1n) is 6.96. The Balaban J connectivity index is 1.67. The Bertz CT molecular complexity index is 698. The number of hydrogen-bond donors (Lipinski definition) is 0. The van der Waals surface area contributed by atoms with Crippen LogP contribution in [0.15, 0.2) is 24.4 Å². The molecule has 1 aliphatic heterocycles. The van der Waals surface area contributed by atoms with Gasteiger partial charge in [0.15, 0.2) is 5.13 Å². The summed E-state index contributed by atoms with van der Waals surface area (Å²) >= 11 is 7.36. The molecule has 0 unspecified atom stereocenters. The Labute approximate surface area is 137 Å². The van der Waals surface area contributed by atoms with Gasteiger partial charge in [-0.1, -0.05) is 11.6 Å². The topological polar surface area (TPSA) is 36.4 Å². The number of aromatic nitrogens is 1. The molecule has 0 atom stereocenters. The van der Waals surface area contributed by atoms with Gasteiger partial charge in [0.05, 0.1) is 5.56 Å². The van der Waals surface area contributed by atoms with Gasteiger partial charge in [-0.2, -0.15) is 0 Å². The van der Waals surface area contributed by atoms with Gasteiger partial charge in [0.2, 0.25) is 0 Å². The van der Waals surface area contributed by atoms with Crippen LogP contribution >= 0.6 is 22.9 Å². The number of aryl methyl sites for hydroxylation is 1. The molecule has 0 spiro atoms. The van der Waals surface area contributed by atoms with Crippen LogP contribution in [0.3, 0.4) is 0 Å². The molecule has 0 bridgehead atoms. The van der Waals surface area contributed by atoms with Crippen molar-refractivity contribution in [3.8, 4) is 0 Å². The van der Waals surface area contributed by atoms with Gasteiger partial charge in [-0.3, -0.25) is 4.79 Å². The van der Waals surface area contributed by atoms with Crippen molar-refractivity contribution < 1.29 is 9.18 Å². The average molecular weight is 340 g/mol. The highest BCUT2D eigenvalue weighted by Gasteiger charge is 2.25. The molecule has 116 valence electrons. The lowest BCUT2D eigenvalue weighted by molar-refractivity contribution is 0.0742.